The summed E-state index contributed by atoms with van der Waals surface area (Å²) in [5.41, 5.74) is 6.61. The minimum Gasteiger partial charge on any atom is -0.378 e. The van der Waals surface area contributed by atoms with Gasteiger partial charge in [-0.1, -0.05) is 18.2 Å². The van der Waals surface area contributed by atoms with Crippen molar-refractivity contribution in [2.24, 2.45) is 7.05 Å². The second-order valence-electron chi connectivity index (χ2n) is 5.11. The van der Waals surface area contributed by atoms with E-state index in [9.17, 15) is 0 Å². The van der Waals surface area contributed by atoms with Gasteiger partial charge in [0.1, 0.15) is 0 Å². The molecule has 1 aliphatic carbocycles. The highest BCUT2D eigenvalue weighted by Gasteiger charge is 2.10. The molecule has 0 spiro atoms. The van der Waals surface area contributed by atoms with Gasteiger partial charge in [0.15, 0.2) is 0 Å². The predicted molar refractivity (Wildman–Crippen MR) is 73.7 cm³/mol. The number of hydrogen-bond donors (Lipinski definition) is 1. The van der Waals surface area contributed by atoms with Crippen molar-refractivity contribution < 1.29 is 0 Å². The predicted octanol–water partition coefficient (Wildman–Crippen LogP) is 2.83. The highest BCUT2D eigenvalue weighted by Crippen LogP contribution is 2.23. The summed E-state index contributed by atoms with van der Waals surface area (Å²) in [5, 5.41) is 7.79. The molecule has 0 radical (unpaired) electrons. The van der Waals surface area contributed by atoms with E-state index in [4.69, 9.17) is 0 Å². The van der Waals surface area contributed by atoms with Gasteiger partial charge in [-0.15, -0.1) is 0 Å². The van der Waals surface area contributed by atoms with Crippen molar-refractivity contribution >= 4 is 5.69 Å². The molecule has 0 unspecified atom stereocenters. The molecule has 18 heavy (non-hydrogen) atoms. The number of hydrogen-bond acceptors (Lipinski definition) is 2. The summed E-state index contributed by atoms with van der Waals surface area (Å²) in [6.45, 7) is 2.91. The van der Waals surface area contributed by atoms with Gasteiger partial charge in [-0.05, 0) is 42.9 Å². The van der Waals surface area contributed by atoms with E-state index in [1.165, 1.54) is 36.0 Å². The Morgan fingerprint density at radius 3 is 2.89 bits per heavy atom. The number of rotatable bonds is 3. The van der Waals surface area contributed by atoms with Gasteiger partial charge in [0.05, 0.1) is 11.4 Å². The Labute approximate surface area is 108 Å². The van der Waals surface area contributed by atoms with E-state index >= 15 is 0 Å². The number of benzene rings is 1. The molecule has 94 valence electrons. The van der Waals surface area contributed by atoms with Crippen LogP contribution in [0.15, 0.2) is 24.4 Å². The monoisotopic (exact) mass is 241 g/mol. The lowest BCUT2D eigenvalue weighted by Gasteiger charge is -2.07. The zero-order valence-corrected chi connectivity index (χ0v) is 11.0. The van der Waals surface area contributed by atoms with Gasteiger partial charge >= 0.3 is 0 Å². The molecule has 1 aromatic carbocycles. The Morgan fingerprint density at radius 2 is 2.11 bits per heavy atom. The highest BCUT2D eigenvalue weighted by molar-refractivity contribution is 5.46. The highest BCUT2D eigenvalue weighted by atomic mass is 15.3. The van der Waals surface area contributed by atoms with E-state index in [2.05, 4.69) is 28.6 Å². The fourth-order valence-corrected chi connectivity index (χ4v) is 2.71. The summed E-state index contributed by atoms with van der Waals surface area (Å²) < 4.78 is 1.85. The molecule has 1 aliphatic rings. The van der Waals surface area contributed by atoms with Crippen LogP contribution >= 0.6 is 0 Å². The van der Waals surface area contributed by atoms with Crippen molar-refractivity contribution in [3.8, 4) is 0 Å². The van der Waals surface area contributed by atoms with Crippen molar-refractivity contribution in [2.45, 2.75) is 32.7 Å². The van der Waals surface area contributed by atoms with Crippen LogP contribution in [0.25, 0.3) is 0 Å². The minimum absolute atomic E-state index is 0.875. The van der Waals surface area contributed by atoms with E-state index < -0.39 is 0 Å². The van der Waals surface area contributed by atoms with Crippen LogP contribution in [0.4, 0.5) is 5.69 Å². The molecule has 0 bridgehead atoms. The Morgan fingerprint density at radius 1 is 1.28 bits per heavy atom. The third kappa shape index (κ3) is 2.13. The average Bonchev–Trinajstić information content (AvgIpc) is 2.92. The van der Waals surface area contributed by atoms with E-state index in [-0.39, 0.29) is 0 Å². The van der Waals surface area contributed by atoms with Gasteiger partial charge in [0.25, 0.3) is 0 Å². The molecule has 3 rings (SSSR count). The zero-order chi connectivity index (χ0) is 12.5. The van der Waals surface area contributed by atoms with Gasteiger partial charge in [-0.3, -0.25) is 4.68 Å². The Kier molecular flexibility index (Phi) is 2.82. The standard InChI is InChI=1S/C15H19N3/c1-11-15(10-18(2)17-11)16-9-12-6-7-13-4-3-5-14(13)8-12/h6-8,10,16H,3-5,9H2,1-2H3. The van der Waals surface area contributed by atoms with Crippen LogP contribution in [0.2, 0.25) is 0 Å². The molecule has 0 aliphatic heterocycles. The lowest BCUT2D eigenvalue weighted by Crippen LogP contribution is -2.00. The second-order valence-corrected chi connectivity index (χ2v) is 5.11. The molecule has 3 heteroatoms. The summed E-state index contributed by atoms with van der Waals surface area (Å²) in [7, 11) is 1.95. The van der Waals surface area contributed by atoms with E-state index in [1.807, 2.05) is 24.9 Å². The normalized spacial score (nSPS) is 13.7. The van der Waals surface area contributed by atoms with Gasteiger partial charge in [0, 0.05) is 19.8 Å². The number of nitrogens with zero attached hydrogens (tertiary/aromatic N) is 2. The maximum Gasteiger partial charge on any atom is 0.0825 e. The lowest BCUT2D eigenvalue weighted by molar-refractivity contribution is 0.756. The molecule has 0 atom stereocenters. The molecule has 0 fully saturated rings. The van der Waals surface area contributed by atoms with Gasteiger partial charge in [0.2, 0.25) is 0 Å². The zero-order valence-electron chi connectivity index (χ0n) is 11.0. The molecule has 0 saturated heterocycles. The van der Waals surface area contributed by atoms with Crippen LogP contribution in [0, 0.1) is 6.92 Å². The molecule has 1 N–H and O–H groups in total. The third-order valence-corrected chi connectivity index (χ3v) is 3.66. The van der Waals surface area contributed by atoms with Gasteiger partial charge in [-0.25, -0.2) is 0 Å². The molecule has 0 amide bonds. The molecule has 1 heterocycles. The number of anilines is 1. The number of aryl methyl sites for hydroxylation is 4. The van der Waals surface area contributed by atoms with E-state index in [1.54, 1.807) is 0 Å². The Bertz CT molecular complexity index is 569. The Hall–Kier alpha value is -1.77. The Balaban J connectivity index is 1.72. The SMILES string of the molecule is Cc1nn(C)cc1NCc1ccc2c(c1)CCC2. The topological polar surface area (TPSA) is 29.9 Å². The van der Waals surface area contributed by atoms with Crippen LogP contribution in [-0.4, -0.2) is 9.78 Å². The van der Waals surface area contributed by atoms with Crippen molar-refractivity contribution in [2.75, 3.05) is 5.32 Å². The molecule has 3 nitrogen and oxygen atoms in total. The summed E-state index contributed by atoms with van der Waals surface area (Å²) in [6, 6.07) is 6.87. The van der Waals surface area contributed by atoms with E-state index in [0.717, 1.165) is 17.9 Å². The van der Waals surface area contributed by atoms with Crippen molar-refractivity contribution in [1.82, 2.24) is 9.78 Å². The van der Waals surface area contributed by atoms with Crippen molar-refractivity contribution in [3.63, 3.8) is 0 Å². The summed E-state index contributed by atoms with van der Waals surface area (Å²) in [5.74, 6) is 0. The number of nitrogens with one attached hydrogen (secondary N) is 1. The van der Waals surface area contributed by atoms with Crippen molar-refractivity contribution in [3.05, 3.63) is 46.8 Å². The quantitative estimate of drug-likeness (QED) is 0.895. The smallest absolute Gasteiger partial charge is 0.0825 e. The number of fused-ring (bicyclic) bond motifs is 1. The molecular weight excluding hydrogens is 222 g/mol. The molecular formula is C15H19N3. The maximum absolute atomic E-state index is 4.34. The first kappa shape index (κ1) is 11.3. The first-order valence-corrected chi connectivity index (χ1v) is 6.57. The maximum atomic E-state index is 4.34. The fraction of sp³-hybridized carbons (Fsp3) is 0.400. The summed E-state index contributed by atoms with van der Waals surface area (Å²) in [6.07, 6.45) is 5.84. The van der Waals surface area contributed by atoms with Crippen LogP contribution in [0.1, 0.15) is 28.8 Å². The molecule has 2 aromatic rings. The van der Waals surface area contributed by atoms with Crippen molar-refractivity contribution in [1.29, 1.82) is 0 Å². The van der Waals surface area contributed by atoms with Gasteiger partial charge in [-0.2, -0.15) is 5.10 Å². The van der Waals surface area contributed by atoms with Crippen LogP contribution in [-0.2, 0) is 26.4 Å². The lowest BCUT2D eigenvalue weighted by atomic mass is 10.1. The summed E-state index contributed by atoms with van der Waals surface area (Å²) >= 11 is 0. The van der Waals surface area contributed by atoms with Crippen LogP contribution < -0.4 is 5.32 Å². The third-order valence-electron chi connectivity index (χ3n) is 3.66. The fourth-order valence-electron chi connectivity index (χ4n) is 2.71. The second kappa shape index (κ2) is 4.48. The van der Waals surface area contributed by atoms with E-state index in [0.29, 0.717) is 0 Å². The first-order chi connectivity index (χ1) is 8.72. The molecule has 0 saturated carbocycles. The molecule has 1 aromatic heterocycles. The summed E-state index contributed by atoms with van der Waals surface area (Å²) in [4.78, 5) is 0. The van der Waals surface area contributed by atoms with Gasteiger partial charge < -0.3 is 5.32 Å². The number of aromatic nitrogens is 2. The minimum atomic E-state index is 0.875. The van der Waals surface area contributed by atoms with Crippen LogP contribution in [0.3, 0.4) is 0 Å². The largest absolute Gasteiger partial charge is 0.378 e. The van der Waals surface area contributed by atoms with Crippen LogP contribution in [0.5, 0.6) is 0 Å². The first-order valence-electron chi connectivity index (χ1n) is 6.57. The average molecular weight is 241 g/mol.